The lowest BCUT2D eigenvalue weighted by atomic mass is 9.99. The van der Waals surface area contributed by atoms with Crippen LogP contribution < -0.4 is 10.6 Å². The minimum Gasteiger partial charge on any atom is -0.384 e. The number of aromatic nitrogens is 2. The fourth-order valence-electron chi connectivity index (χ4n) is 2.47. The van der Waals surface area contributed by atoms with Gasteiger partial charge >= 0.3 is 6.03 Å². The molecular formula is C16H24N4O2S. The van der Waals surface area contributed by atoms with Crippen molar-refractivity contribution in [1.29, 1.82) is 0 Å². The Morgan fingerprint density at radius 1 is 1.43 bits per heavy atom. The molecule has 0 aromatic carbocycles. The van der Waals surface area contributed by atoms with Crippen LogP contribution in [0.1, 0.15) is 29.4 Å². The third-order valence-corrected chi connectivity index (χ3v) is 4.74. The van der Waals surface area contributed by atoms with Gasteiger partial charge in [0, 0.05) is 19.3 Å². The van der Waals surface area contributed by atoms with Crippen molar-refractivity contribution >= 4 is 17.4 Å². The van der Waals surface area contributed by atoms with E-state index in [2.05, 4.69) is 15.7 Å². The Balaban J connectivity index is 1.77. The fourth-order valence-corrected chi connectivity index (χ4v) is 3.25. The highest BCUT2D eigenvalue weighted by atomic mass is 32.1. The van der Waals surface area contributed by atoms with Crippen molar-refractivity contribution in [3.8, 4) is 0 Å². The summed E-state index contributed by atoms with van der Waals surface area (Å²) in [5.41, 5.74) is 3.02. The molecule has 0 saturated carbocycles. The first kappa shape index (κ1) is 17.5. The van der Waals surface area contributed by atoms with Crippen molar-refractivity contribution in [3.05, 3.63) is 39.3 Å². The molecule has 1 atom stereocenters. The normalized spacial score (nSPS) is 13.6. The van der Waals surface area contributed by atoms with E-state index >= 15 is 0 Å². The summed E-state index contributed by atoms with van der Waals surface area (Å²) in [6, 6.07) is 1.58. The number of hydrogen-bond acceptors (Lipinski definition) is 4. The first-order chi connectivity index (χ1) is 10.8. The van der Waals surface area contributed by atoms with E-state index in [9.17, 15) is 9.90 Å². The third kappa shape index (κ3) is 4.33. The summed E-state index contributed by atoms with van der Waals surface area (Å²) < 4.78 is 1.85. The SMILES string of the molecule is Cc1nn(C)c(C)c1CCNC(=O)NCC(C)(O)c1ccsc1. The molecule has 0 aliphatic carbocycles. The average molecular weight is 336 g/mol. The first-order valence-electron chi connectivity index (χ1n) is 7.57. The van der Waals surface area contributed by atoms with E-state index in [1.54, 1.807) is 6.92 Å². The molecule has 0 bridgehead atoms. The summed E-state index contributed by atoms with van der Waals surface area (Å²) in [5.74, 6) is 0. The number of amides is 2. The molecule has 2 aromatic heterocycles. The van der Waals surface area contributed by atoms with Crippen LogP contribution in [-0.4, -0.2) is 34.0 Å². The number of rotatable bonds is 6. The maximum absolute atomic E-state index is 11.9. The van der Waals surface area contributed by atoms with Gasteiger partial charge in [0.25, 0.3) is 0 Å². The van der Waals surface area contributed by atoms with Gasteiger partial charge in [0.2, 0.25) is 0 Å². The molecular weight excluding hydrogens is 312 g/mol. The lowest BCUT2D eigenvalue weighted by Gasteiger charge is -2.22. The lowest BCUT2D eigenvalue weighted by Crippen LogP contribution is -2.43. The van der Waals surface area contributed by atoms with Crippen molar-refractivity contribution < 1.29 is 9.90 Å². The summed E-state index contributed by atoms with van der Waals surface area (Å²) in [4.78, 5) is 11.9. The molecule has 2 rings (SSSR count). The number of hydrogen-bond donors (Lipinski definition) is 3. The highest BCUT2D eigenvalue weighted by Crippen LogP contribution is 2.21. The number of carbonyl (C=O) groups excluding carboxylic acids is 1. The zero-order valence-electron chi connectivity index (χ0n) is 14.0. The summed E-state index contributed by atoms with van der Waals surface area (Å²) >= 11 is 1.52. The maximum Gasteiger partial charge on any atom is 0.314 e. The topological polar surface area (TPSA) is 79.2 Å². The Labute approximate surface area is 140 Å². The second kappa shape index (κ2) is 7.14. The van der Waals surface area contributed by atoms with E-state index in [0.29, 0.717) is 6.54 Å². The van der Waals surface area contributed by atoms with Crippen molar-refractivity contribution in [2.75, 3.05) is 13.1 Å². The van der Waals surface area contributed by atoms with Crippen LogP contribution >= 0.6 is 11.3 Å². The molecule has 0 radical (unpaired) electrons. The zero-order chi connectivity index (χ0) is 17.0. The third-order valence-electron chi connectivity index (χ3n) is 4.06. The van der Waals surface area contributed by atoms with Crippen LogP contribution in [0.4, 0.5) is 4.79 Å². The van der Waals surface area contributed by atoms with Gasteiger partial charge in [0.15, 0.2) is 0 Å². The zero-order valence-corrected chi connectivity index (χ0v) is 14.8. The molecule has 23 heavy (non-hydrogen) atoms. The predicted molar refractivity (Wildman–Crippen MR) is 91.7 cm³/mol. The van der Waals surface area contributed by atoms with Gasteiger partial charge in [-0.1, -0.05) is 0 Å². The number of aryl methyl sites for hydroxylation is 2. The van der Waals surface area contributed by atoms with E-state index in [0.717, 1.165) is 28.9 Å². The van der Waals surface area contributed by atoms with Crippen LogP contribution in [0.5, 0.6) is 0 Å². The molecule has 2 amide bonds. The number of thiophene rings is 1. The van der Waals surface area contributed by atoms with E-state index in [4.69, 9.17) is 0 Å². The highest BCUT2D eigenvalue weighted by Gasteiger charge is 2.24. The lowest BCUT2D eigenvalue weighted by molar-refractivity contribution is 0.0598. The van der Waals surface area contributed by atoms with Crippen LogP contribution in [0.3, 0.4) is 0 Å². The van der Waals surface area contributed by atoms with Crippen molar-refractivity contribution in [3.63, 3.8) is 0 Å². The van der Waals surface area contributed by atoms with Gasteiger partial charge in [0.05, 0.1) is 12.2 Å². The largest absolute Gasteiger partial charge is 0.384 e. The van der Waals surface area contributed by atoms with E-state index < -0.39 is 5.60 Å². The quantitative estimate of drug-likeness (QED) is 0.753. The Bertz CT molecular complexity index is 662. The molecule has 126 valence electrons. The Morgan fingerprint density at radius 2 is 2.17 bits per heavy atom. The number of urea groups is 1. The highest BCUT2D eigenvalue weighted by molar-refractivity contribution is 7.08. The number of nitrogens with one attached hydrogen (secondary N) is 2. The summed E-state index contributed by atoms with van der Waals surface area (Å²) in [7, 11) is 1.92. The summed E-state index contributed by atoms with van der Waals surface area (Å²) in [6.45, 7) is 6.38. The minimum atomic E-state index is -1.06. The van der Waals surface area contributed by atoms with Crippen molar-refractivity contribution in [2.45, 2.75) is 32.8 Å². The Hall–Kier alpha value is -1.86. The van der Waals surface area contributed by atoms with Gasteiger partial charge in [0.1, 0.15) is 5.60 Å². The Kier molecular flexibility index (Phi) is 5.43. The average Bonchev–Trinajstić information content (AvgIpc) is 3.10. The molecule has 3 N–H and O–H groups in total. The molecule has 7 heteroatoms. The van der Waals surface area contributed by atoms with Crippen LogP contribution in [-0.2, 0) is 19.1 Å². The van der Waals surface area contributed by atoms with Crippen LogP contribution in [0.25, 0.3) is 0 Å². The molecule has 0 fully saturated rings. The predicted octanol–water partition coefficient (Wildman–Crippen LogP) is 1.85. The molecule has 1 unspecified atom stereocenters. The molecule has 0 aliphatic rings. The Morgan fingerprint density at radius 3 is 2.74 bits per heavy atom. The standard InChI is InChI=1S/C16H24N4O2S/c1-11-14(12(2)20(4)19-11)5-7-17-15(21)18-10-16(3,22)13-6-8-23-9-13/h6,8-9,22H,5,7,10H2,1-4H3,(H2,17,18,21). The van der Waals surface area contributed by atoms with Gasteiger partial charge in [-0.2, -0.15) is 16.4 Å². The van der Waals surface area contributed by atoms with Crippen molar-refractivity contribution in [1.82, 2.24) is 20.4 Å². The summed E-state index contributed by atoms with van der Waals surface area (Å²) in [5, 5.41) is 24.0. The monoisotopic (exact) mass is 336 g/mol. The maximum atomic E-state index is 11.9. The number of nitrogens with zero attached hydrogens (tertiary/aromatic N) is 2. The van der Waals surface area contributed by atoms with Gasteiger partial charge in [-0.3, -0.25) is 4.68 Å². The molecule has 0 spiro atoms. The number of carbonyl (C=O) groups is 1. The van der Waals surface area contributed by atoms with Gasteiger partial charge in [-0.05, 0) is 55.1 Å². The van der Waals surface area contributed by atoms with E-state index in [1.807, 2.05) is 42.4 Å². The first-order valence-corrected chi connectivity index (χ1v) is 8.51. The van der Waals surface area contributed by atoms with E-state index in [1.165, 1.54) is 11.3 Å². The molecule has 0 saturated heterocycles. The van der Waals surface area contributed by atoms with E-state index in [-0.39, 0.29) is 12.6 Å². The van der Waals surface area contributed by atoms with Crippen LogP contribution in [0, 0.1) is 13.8 Å². The molecule has 2 heterocycles. The van der Waals surface area contributed by atoms with Crippen molar-refractivity contribution in [2.24, 2.45) is 7.05 Å². The fraction of sp³-hybridized carbons (Fsp3) is 0.500. The second-order valence-electron chi connectivity index (χ2n) is 5.92. The van der Waals surface area contributed by atoms with Gasteiger partial charge in [-0.15, -0.1) is 0 Å². The second-order valence-corrected chi connectivity index (χ2v) is 6.70. The minimum absolute atomic E-state index is 0.167. The molecule has 2 aromatic rings. The smallest absolute Gasteiger partial charge is 0.314 e. The van der Waals surface area contributed by atoms with Crippen LogP contribution in [0.2, 0.25) is 0 Å². The number of aliphatic hydroxyl groups is 1. The van der Waals surface area contributed by atoms with Gasteiger partial charge < -0.3 is 15.7 Å². The molecule has 6 nitrogen and oxygen atoms in total. The van der Waals surface area contributed by atoms with Crippen LogP contribution in [0.15, 0.2) is 16.8 Å². The summed E-state index contributed by atoms with van der Waals surface area (Å²) in [6.07, 6.45) is 0.736. The molecule has 0 aliphatic heterocycles. The van der Waals surface area contributed by atoms with Gasteiger partial charge in [-0.25, -0.2) is 4.79 Å².